The molecule has 1 unspecified atom stereocenters. The van der Waals surface area contributed by atoms with E-state index in [0.717, 1.165) is 4.34 Å². The van der Waals surface area contributed by atoms with E-state index in [-0.39, 0.29) is 5.97 Å². The number of aromatic nitrogens is 2. The lowest BCUT2D eigenvalue weighted by Gasteiger charge is -2.24. The van der Waals surface area contributed by atoms with Gasteiger partial charge in [-0.25, -0.2) is 4.98 Å². The highest BCUT2D eigenvalue weighted by molar-refractivity contribution is 8.01. The molecule has 0 bridgehead atoms. The van der Waals surface area contributed by atoms with Crippen LogP contribution in [0.2, 0.25) is 0 Å². The highest BCUT2D eigenvalue weighted by atomic mass is 32.2. The monoisotopic (exact) mass is 247 g/mol. The highest BCUT2D eigenvalue weighted by Gasteiger charge is 2.32. The standard InChI is InChI=1S/C8H13N3O2S2/c1-8(9-2,6(12)13-3)4-14-7-10-5-11-15-7/h5,9H,4H2,1-3H3. The Hall–Kier alpha value is -0.660. The molecule has 1 aromatic rings. The van der Waals surface area contributed by atoms with Gasteiger partial charge < -0.3 is 10.1 Å². The average Bonchev–Trinajstić information content (AvgIpc) is 2.77. The molecule has 15 heavy (non-hydrogen) atoms. The smallest absolute Gasteiger partial charge is 0.326 e. The lowest BCUT2D eigenvalue weighted by molar-refractivity contribution is -0.146. The Kier molecular flexibility index (Phi) is 4.49. The van der Waals surface area contributed by atoms with Crippen LogP contribution in [0.4, 0.5) is 0 Å². The van der Waals surface area contributed by atoms with Crippen molar-refractivity contribution in [2.75, 3.05) is 19.9 Å². The predicted molar refractivity (Wildman–Crippen MR) is 60.1 cm³/mol. The van der Waals surface area contributed by atoms with E-state index in [1.165, 1.54) is 36.7 Å². The van der Waals surface area contributed by atoms with E-state index in [9.17, 15) is 4.79 Å². The molecule has 0 spiro atoms. The molecule has 1 atom stereocenters. The van der Waals surface area contributed by atoms with Crippen LogP contribution in [0, 0.1) is 0 Å². The molecule has 0 fully saturated rings. The fraction of sp³-hybridized carbons (Fsp3) is 0.625. The zero-order chi connectivity index (χ0) is 11.3. The van der Waals surface area contributed by atoms with Crippen LogP contribution in [-0.4, -0.2) is 40.8 Å². The maximum atomic E-state index is 11.5. The Morgan fingerprint density at radius 3 is 3.00 bits per heavy atom. The number of nitrogens with zero attached hydrogens (tertiary/aromatic N) is 2. The summed E-state index contributed by atoms with van der Waals surface area (Å²) in [6.45, 7) is 1.80. The largest absolute Gasteiger partial charge is 0.468 e. The first kappa shape index (κ1) is 12.4. The van der Waals surface area contributed by atoms with Crippen molar-refractivity contribution in [3.05, 3.63) is 6.33 Å². The molecule has 0 amide bonds. The molecule has 0 aromatic carbocycles. The number of carbonyl (C=O) groups is 1. The van der Waals surface area contributed by atoms with Crippen LogP contribution in [0.15, 0.2) is 10.7 Å². The van der Waals surface area contributed by atoms with Crippen LogP contribution in [-0.2, 0) is 9.53 Å². The van der Waals surface area contributed by atoms with Gasteiger partial charge in [0.1, 0.15) is 11.9 Å². The Morgan fingerprint density at radius 1 is 1.80 bits per heavy atom. The normalized spacial score (nSPS) is 14.6. The second kappa shape index (κ2) is 5.43. The van der Waals surface area contributed by atoms with Gasteiger partial charge in [0.15, 0.2) is 4.34 Å². The molecule has 5 nitrogen and oxygen atoms in total. The van der Waals surface area contributed by atoms with Crippen molar-refractivity contribution < 1.29 is 9.53 Å². The van der Waals surface area contributed by atoms with Gasteiger partial charge in [-0.15, -0.1) is 0 Å². The van der Waals surface area contributed by atoms with Gasteiger partial charge in [0, 0.05) is 5.75 Å². The minimum absolute atomic E-state index is 0.276. The number of likely N-dealkylation sites (N-methyl/N-ethyl adjacent to an activating group) is 1. The van der Waals surface area contributed by atoms with E-state index in [4.69, 9.17) is 4.74 Å². The fourth-order valence-electron chi connectivity index (χ4n) is 0.891. The molecule has 0 saturated heterocycles. The molecule has 7 heteroatoms. The lowest BCUT2D eigenvalue weighted by Crippen LogP contribution is -2.50. The zero-order valence-electron chi connectivity index (χ0n) is 8.81. The minimum atomic E-state index is -0.689. The van der Waals surface area contributed by atoms with Crippen LogP contribution in [0.3, 0.4) is 0 Å². The molecule has 0 saturated carbocycles. The first-order valence-corrected chi connectivity index (χ1v) is 6.05. The van der Waals surface area contributed by atoms with Crippen molar-refractivity contribution >= 4 is 29.3 Å². The quantitative estimate of drug-likeness (QED) is 0.613. The zero-order valence-corrected chi connectivity index (χ0v) is 10.4. The van der Waals surface area contributed by atoms with Crippen LogP contribution >= 0.6 is 23.3 Å². The van der Waals surface area contributed by atoms with Crippen molar-refractivity contribution in [1.82, 2.24) is 14.7 Å². The van der Waals surface area contributed by atoms with E-state index in [1.54, 1.807) is 14.0 Å². The maximum Gasteiger partial charge on any atom is 0.326 e. The van der Waals surface area contributed by atoms with E-state index in [0.29, 0.717) is 5.75 Å². The molecular formula is C8H13N3O2S2. The molecule has 1 rings (SSSR count). The van der Waals surface area contributed by atoms with Gasteiger partial charge in [0.05, 0.1) is 7.11 Å². The Labute approximate surface area is 96.8 Å². The van der Waals surface area contributed by atoms with Crippen molar-refractivity contribution in [2.45, 2.75) is 16.8 Å². The van der Waals surface area contributed by atoms with Gasteiger partial charge in [-0.3, -0.25) is 4.79 Å². The summed E-state index contributed by atoms with van der Waals surface area (Å²) in [5.74, 6) is 0.285. The number of thioether (sulfide) groups is 1. The third kappa shape index (κ3) is 3.15. The van der Waals surface area contributed by atoms with E-state index in [1.807, 2.05) is 0 Å². The first-order chi connectivity index (χ1) is 7.12. The van der Waals surface area contributed by atoms with Crippen molar-refractivity contribution in [2.24, 2.45) is 0 Å². The SMILES string of the molecule is CNC(C)(CSc1ncns1)C(=O)OC. The maximum absolute atomic E-state index is 11.5. The summed E-state index contributed by atoms with van der Waals surface area (Å²) in [5, 5.41) is 2.95. The molecule has 1 heterocycles. The summed E-state index contributed by atoms with van der Waals surface area (Å²) in [7, 11) is 3.12. The van der Waals surface area contributed by atoms with Gasteiger partial charge in [-0.2, -0.15) is 4.37 Å². The number of ether oxygens (including phenoxy) is 1. The van der Waals surface area contributed by atoms with Gasteiger partial charge in [0.2, 0.25) is 0 Å². The van der Waals surface area contributed by atoms with Gasteiger partial charge in [0.25, 0.3) is 0 Å². The summed E-state index contributed by atoms with van der Waals surface area (Å²) in [4.78, 5) is 15.5. The summed E-state index contributed by atoms with van der Waals surface area (Å²) < 4.78 is 9.46. The third-order valence-corrected chi connectivity index (χ3v) is 4.13. The molecule has 0 aliphatic carbocycles. The number of rotatable bonds is 5. The molecular weight excluding hydrogens is 234 g/mol. The Bertz CT molecular complexity index is 318. The number of esters is 1. The fourth-order valence-corrected chi connectivity index (χ4v) is 2.48. The highest BCUT2D eigenvalue weighted by Crippen LogP contribution is 2.23. The van der Waals surface area contributed by atoms with Gasteiger partial charge >= 0.3 is 5.97 Å². The van der Waals surface area contributed by atoms with Gasteiger partial charge in [-0.1, -0.05) is 11.8 Å². The molecule has 0 radical (unpaired) electrons. The second-order valence-corrected chi connectivity index (χ2v) is 5.07. The number of hydrogen-bond donors (Lipinski definition) is 1. The molecule has 1 aromatic heterocycles. The summed E-state index contributed by atoms with van der Waals surface area (Å²) in [6.07, 6.45) is 1.50. The number of nitrogens with one attached hydrogen (secondary N) is 1. The molecule has 1 N–H and O–H groups in total. The minimum Gasteiger partial charge on any atom is -0.468 e. The molecule has 0 aliphatic heterocycles. The number of carbonyl (C=O) groups excluding carboxylic acids is 1. The lowest BCUT2D eigenvalue weighted by atomic mass is 10.1. The van der Waals surface area contributed by atoms with Crippen LogP contribution in [0.1, 0.15) is 6.92 Å². The Morgan fingerprint density at radius 2 is 2.53 bits per heavy atom. The van der Waals surface area contributed by atoms with Crippen LogP contribution < -0.4 is 5.32 Å². The topological polar surface area (TPSA) is 64.1 Å². The molecule has 84 valence electrons. The average molecular weight is 247 g/mol. The van der Waals surface area contributed by atoms with E-state index in [2.05, 4.69) is 14.7 Å². The third-order valence-electron chi connectivity index (χ3n) is 2.01. The predicted octanol–water partition coefficient (Wildman–Crippen LogP) is 0.781. The van der Waals surface area contributed by atoms with Crippen LogP contribution in [0.25, 0.3) is 0 Å². The Balaban J connectivity index is 2.57. The first-order valence-electron chi connectivity index (χ1n) is 4.29. The summed E-state index contributed by atoms with van der Waals surface area (Å²) >= 11 is 2.80. The van der Waals surface area contributed by atoms with Gasteiger partial charge in [-0.05, 0) is 25.5 Å². The number of hydrogen-bond acceptors (Lipinski definition) is 7. The van der Waals surface area contributed by atoms with Crippen molar-refractivity contribution in [3.8, 4) is 0 Å². The number of methoxy groups -OCH3 is 1. The van der Waals surface area contributed by atoms with Crippen LogP contribution in [0.5, 0.6) is 0 Å². The summed E-state index contributed by atoms with van der Waals surface area (Å²) in [5.41, 5.74) is -0.689. The van der Waals surface area contributed by atoms with E-state index < -0.39 is 5.54 Å². The second-order valence-electron chi connectivity index (χ2n) is 3.07. The van der Waals surface area contributed by atoms with Crippen molar-refractivity contribution in [3.63, 3.8) is 0 Å². The van der Waals surface area contributed by atoms with Crippen molar-refractivity contribution in [1.29, 1.82) is 0 Å². The summed E-state index contributed by atoms with van der Waals surface area (Å²) in [6, 6.07) is 0. The molecule has 0 aliphatic rings. The van der Waals surface area contributed by atoms with E-state index >= 15 is 0 Å².